The zero-order chi connectivity index (χ0) is 19.7. The molecule has 0 amide bonds. The number of ether oxygens (including phenoxy) is 2. The van der Waals surface area contributed by atoms with Crippen LogP contribution in [0.4, 0.5) is 13.2 Å². The van der Waals surface area contributed by atoms with Crippen LogP contribution in [0.2, 0.25) is 5.02 Å². The Labute approximate surface area is 156 Å². The lowest BCUT2D eigenvalue weighted by Crippen LogP contribution is -2.52. The van der Waals surface area contributed by atoms with Gasteiger partial charge < -0.3 is 14.6 Å². The van der Waals surface area contributed by atoms with E-state index in [1.54, 1.807) is 0 Å². The van der Waals surface area contributed by atoms with Crippen molar-refractivity contribution in [2.75, 3.05) is 6.54 Å². The predicted molar refractivity (Wildman–Crippen MR) is 89.0 cm³/mol. The summed E-state index contributed by atoms with van der Waals surface area (Å²) in [5.41, 5.74) is -2.45. The number of aliphatic carboxylic acids is 1. The van der Waals surface area contributed by atoms with Crippen LogP contribution in [0, 0.1) is 0 Å². The molecule has 1 atom stereocenters. The Bertz CT molecular complexity index is 837. The summed E-state index contributed by atoms with van der Waals surface area (Å²) in [6.07, 6.45) is -2.93. The molecule has 0 spiro atoms. The number of rotatable bonds is 5. The zero-order valence-electron chi connectivity index (χ0n) is 13.7. The number of alkyl halides is 3. The van der Waals surface area contributed by atoms with Gasteiger partial charge in [0.25, 0.3) is 5.72 Å². The molecule has 1 aromatic carbocycles. The fraction of sp³-hybridized carbons (Fsp3) is 0.294. The standard InChI is InChI=1S/C17H14ClF3N2O4/c18-13-8-10(17(19,20)21)9-22-14(13)26-11-2-4-12(5-3-11)27-16(15(24)25)6-1-7-23-16/h2-5,8-9,23H,1,6-7H2,(H,24,25)/t16-/m1/s1. The van der Waals surface area contributed by atoms with Gasteiger partial charge in [-0.05, 0) is 43.3 Å². The van der Waals surface area contributed by atoms with E-state index in [-0.39, 0.29) is 16.7 Å². The highest BCUT2D eigenvalue weighted by atomic mass is 35.5. The highest BCUT2D eigenvalue weighted by Gasteiger charge is 2.43. The third-order valence-corrected chi connectivity index (χ3v) is 4.20. The number of halogens is 4. The van der Waals surface area contributed by atoms with Crippen LogP contribution in [0.5, 0.6) is 17.4 Å². The van der Waals surface area contributed by atoms with Crippen LogP contribution in [-0.4, -0.2) is 28.3 Å². The Morgan fingerprint density at radius 1 is 1.26 bits per heavy atom. The maximum atomic E-state index is 12.6. The third-order valence-electron chi connectivity index (χ3n) is 3.93. The smallest absolute Gasteiger partial charge is 0.417 e. The van der Waals surface area contributed by atoms with Crippen molar-refractivity contribution in [3.8, 4) is 17.4 Å². The lowest BCUT2D eigenvalue weighted by atomic mass is 10.1. The van der Waals surface area contributed by atoms with Crippen LogP contribution in [-0.2, 0) is 11.0 Å². The first-order chi connectivity index (χ1) is 12.7. The molecule has 3 rings (SSSR count). The average molecular weight is 403 g/mol. The van der Waals surface area contributed by atoms with E-state index in [4.69, 9.17) is 21.1 Å². The van der Waals surface area contributed by atoms with Gasteiger partial charge in [0, 0.05) is 12.6 Å². The van der Waals surface area contributed by atoms with Gasteiger partial charge in [0.05, 0.1) is 5.56 Å². The van der Waals surface area contributed by atoms with Crippen LogP contribution < -0.4 is 14.8 Å². The average Bonchev–Trinajstić information content (AvgIpc) is 3.07. The molecule has 0 saturated carbocycles. The van der Waals surface area contributed by atoms with Crippen molar-refractivity contribution in [2.24, 2.45) is 0 Å². The highest BCUT2D eigenvalue weighted by Crippen LogP contribution is 2.35. The number of nitrogens with zero attached hydrogens (tertiary/aromatic N) is 1. The second-order valence-corrected chi connectivity index (χ2v) is 6.25. The molecule has 1 fully saturated rings. The topological polar surface area (TPSA) is 80.7 Å². The molecular formula is C17H14ClF3N2O4. The molecule has 2 heterocycles. The van der Waals surface area contributed by atoms with Crippen LogP contribution >= 0.6 is 11.6 Å². The van der Waals surface area contributed by atoms with E-state index < -0.39 is 23.4 Å². The number of carbonyl (C=O) groups is 1. The monoisotopic (exact) mass is 402 g/mol. The minimum absolute atomic E-state index is 0.183. The molecule has 0 aliphatic carbocycles. The summed E-state index contributed by atoms with van der Waals surface area (Å²) in [6, 6.07) is 6.63. The van der Waals surface area contributed by atoms with Crippen molar-refractivity contribution in [1.29, 1.82) is 0 Å². The molecule has 0 radical (unpaired) electrons. The molecule has 144 valence electrons. The maximum absolute atomic E-state index is 12.6. The summed E-state index contributed by atoms with van der Waals surface area (Å²) >= 11 is 5.80. The highest BCUT2D eigenvalue weighted by molar-refractivity contribution is 6.31. The molecule has 2 N–H and O–H groups in total. The predicted octanol–water partition coefficient (Wildman–Crippen LogP) is 4.09. The number of pyridine rings is 1. The third kappa shape index (κ3) is 4.25. The number of carboxylic acids is 1. The molecule has 0 bridgehead atoms. The molecule has 2 aromatic rings. The van der Waals surface area contributed by atoms with E-state index in [1.807, 2.05) is 0 Å². The van der Waals surface area contributed by atoms with Crippen molar-refractivity contribution in [3.05, 3.63) is 47.1 Å². The van der Waals surface area contributed by atoms with Gasteiger partial charge in [-0.15, -0.1) is 0 Å². The van der Waals surface area contributed by atoms with Gasteiger partial charge in [-0.2, -0.15) is 13.2 Å². The Kier molecular flexibility index (Phi) is 5.16. The number of nitrogens with one attached hydrogen (secondary N) is 1. The van der Waals surface area contributed by atoms with Crippen LogP contribution in [0.25, 0.3) is 0 Å². The molecular weight excluding hydrogens is 389 g/mol. The van der Waals surface area contributed by atoms with Crippen LogP contribution in [0.1, 0.15) is 18.4 Å². The fourth-order valence-corrected chi connectivity index (χ4v) is 2.78. The van der Waals surface area contributed by atoms with Crippen LogP contribution in [0.3, 0.4) is 0 Å². The Hall–Kier alpha value is -2.52. The minimum atomic E-state index is -4.55. The van der Waals surface area contributed by atoms with Gasteiger partial charge in [-0.3, -0.25) is 5.32 Å². The van der Waals surface area contributed by atoms with Crippen molar-refractivity contribution >= 4 is 17.6 Å². The van der Waals surface area contributed by atoms with E-state index in [0.717, 1.165) is 6.07 Å². The zero-order valence-corrected chi connectivity index (χ0v) is 14.5. The summed E-state index contributed by atoms with van der Waals surface area (Å²) < 4.78 is 48.8. The van der Waals surface area contributed by atoms with Gasteiger partial charge >= 0.3 is 12.1 Å². The molecule has 10 heteroatoms. The van der Waals surface area contributed by atoms with Crippen molar-refractivity contribution in [3.63, 3.8) is 0 Å². The summed E-state index contributed by atoms with van der Waals surface area (Å²) in [6.45, 7) is 0.533. The van der Waals surface area contributed by atoms with E-state index >= 15 is 0 Å². The van der Waals surface area contributed by atoms with Gasteiger partial charge in [-0.1, -0.05) is 11.6 Å². The van der Waals surface area contributed by atoms with E-state index in [2.05, 4.69) is 10.3 Å². The Balaban J connectivity index is 1.72. The van der Waals surface area contributed by atoms with Gasteiger partial charge in [-0.25, -0.2) is 9.78 Å². The van der Waals surface area contributed by atoms with Gasteiger partial charge in [0.2, 0.25) is 5.88 Å². The molecule has 1 aromatic heterocycles. The Morgan fingerprint density at radius 2 is 1.93 bits per heavy atom. The van der Waals surface area contributed by atoms with Crippen LogP contribution in [0.15, 0.2) is 36.5 Å². The molecule has 6 nitrogen and oxygen atoms in total. The molecule has 1 aliphatic heterocycles. The lowest BCUT2D eigenvalue weighted by molar-refractivity contribution is -0.157. The number of benzene rings is 1. The largest absolute Gasteiger partial charge is 0.477 e. The van der Waals surface area contributed by atoms with Crippen molar-refractivity contribution in [1.82, 2.24) is 10.3 Å². The first kappa shape index (κ1) is 19.2. The lowest BCUT2D eigenvalue weighted by Gasteiger charge is -2.25. The van der Waals surface area contributed by atoms with E-state index in [0.29, 0.717) is 31.3 Å². The number of aromatic nitrogens is 1. The summed E-state index contributed by atoms with van der Waals surface area (Å²) in [5.74, 6) is -0.746. The molecule has 0 unspecified atom stereocenters. The number of hydrogen-bond acceptors (Lipinski definition) is 5. The van der Waals surface area contributed by atoms with E-state index in [9.17, 15) is 23.1 Å². The van der Waals surface area contributed by atoms with E-state index in [1.165, 1.54) is 24.3 Å². The quantitative estimate of drug-likeness (QED) is 0.784. The van der Waals surface area contributed by atoms with Crippen molar-refractivity contribution in [2.45, 2.75) is 24.7 Å². The molecule has 27 heavy (non-hydrogen) atoms. The first-order valence-electron chi connectivity index (χ1n) is 7.88. The Morgan fingerprint density at radius 3 is 2.44 bits per heavy atom. The SMILES string of the molecule is O=C(O)[C@]1(Oc2ccc(Oc3ncc(C(F)(F)F)cc3Cl)cc2)CCCN1. The van der Waals surface area contributed by atoms with Crippen molar-refractivity contribution < 1.29 is 32.5 Å². The first-order valence-corrected chi connectivity index (χ1v) is 8.25. The van der Waals surface area contributed by atoms with Gasteiger partial charge in [0.15, 0.2) is 0 Å². The minimum Gasteiger partial charge on any atom is -0.477 e. The van der Waals surface area contributed by atoms with Gasteiger partial charge in [0.1, 0.15) is 16.5 Å². The second kappa shape index (κ2) is 7.24. The molecule has 1 saturated heterocycles. The maximum Gasteiger partial charge on any atom is 0.417 e. The summed E-state index contributed by atoms with van der Waals surface area (Å²) in [5, 5.41) is 11.9. The summed E-state index contributed by atoms with van der Waals surface area (Å²) in [4.78, 5) is 15.0. The number of hydrogen-bond donors (Lipinski definition) is 2. The second-order valence-electron chi connectivity index (χ2n) is 5.85. The molecule has 1 aliphatic rings. The normalized spacial score (nSPS) is 19.7. The fourth-order valence-electron chi connectivity index (χ4n) is 2.57. The summed E-state index contributed by atoms with van der Waals surface area (Å²) in [7, 11) is 0. The number of carboxylic acid groups (broad SMARTS) is 1.